The van der Waals surface area contributed by atoms with Gasteiger partial charge in [-0.2, -0.15) is 0 Å². The van der Waals surface area contributed by atoms with Crippen LogP contribution in [0.3, 0.4) is 0 Å². The third-order valence-corrected chi connectivity index (χ3v) is 11.5. The van der Waals surface area contributed by atoms with E-state index in [1.165, 1.54) is 44.9 Å². The summed E-state index contributed by atoms with van der Waals surface area (Å²) in [6, 6.07) is 0. The first-order valence-corrected chi connectivity index (χ1v) is 28.6. The Balaban J connectivity index is 1.17. The molecular formula is C53H103N3O22. The predicted molar refractivity (Wildman–Crippen MR) is 284 cm³/mol. The molecule has 462 valence electrons. The standard InChI is InChI=1S/C53H103N3O22/c1-2-3-4-5-6-7-8-9-13-61-16-19-64-22-25-67-28-30-70-32-34-72-36-38-74-39-37-73-35-33-71-31-29-68-26-23-65-20-17-62-14-10-11-48-46-56(55-54-48)12-15-63-18-21-66-24-27-69-40-41-75-42-43-76-44-45-77-53-52(60)51(59)50(58)49(47-57)78-53/h46,49-53,57-60H,2-45,47H2,1H3/t49-,50-,51+,52-,53+/m1/s1. The molecule has 0 aromatic carbocycles. The molecule has 0 radical (unpaired) electrons. The summed E-state index contributed by atoms with van der Waals surface area (Å²) in [5, 5.41) is 47.2. The zero-order chi connectivity index (χ0) is 55.7. The maximum Gasteiger partial charge on any atom is 0.186 e. The summed E-state index contributed by atoms with van der Waals surface area (Å²) < 4.78 is 101. The van der Waals surface area contributed by atoms with E-state index in [9.17, 15) is 20.4 Å². The number of hydrogen-bond acceptors (Lipinski definition) is 24. The van der Waals surface area contributed by atoms with Crippen molar-refractivity contribution in [3.63, 3.8) is 0 Å². The van der Waals surface area contributed by atoms with Crippen LogP contribution < -0.4 is 0 Å². The SMILES string of the molecule is CCCCCCCCCCOCCOCCOCCOCCOCCOCCOCCOCCOCCOCCOCCCc1cn(CCOCCOCCOCCOCCOCCO[C@H]2O[C@H](CO)[C@@H](O)[C@H](O)[C@H]2O)nn1. The van der Waals surface area contributed by atoms with E-state index in [1.807, 2.05) is 6.20 Å². The van der Waals surface area contributed by atoms with Crippen LogP contribution in [0.1, 0.15) is 70.4 Å². The third kappa shape index (κ3) is 44.9. The Morgan fingerprint density at radius 3 is 1.08 bits per heavy atom. The number of ether oxygens (including phenoxy) is 18. The van der Waals surface area contributed by atoms with Crippen LogP contribution in [0.4, 0.5) is 0 Å². The van der Waals surface area contributed by atoms with Crippen molar-refractivity contribution in [1.29, 1.82) is 0 Å². The van der Waals surface area contributed by atoms with E-state index >= 15 is 0 Å². The van der Waals surface area contributed by atoms with Gasteiger partial charge in [0, 0.05) is 19.4 Å². The molecule has 1 aliphatic heterocycles. The Hall–Kier alpha value is -1.74. The minimum atomic E-state index is -1.48. The van der Waals surface area contributed by atoms with E-state index in [0.29, 0.717) is 205 Å². The summed E-state index contributed by atoms with van der Waals surface area (Å²) in [6.45, 7) is 18.2. The van der Waals surface area contributed by atoms with Crippen LogP contribution in [0.2, 0.25) is 0 Å². The van der Waals surface area contributed by atoms with Gasteiger partial charge in [0.1, 0.15) is 24.4 Å². The van der Waals surface area contributed by atoms with Crippen molar-refractivity contribution in [2.75, 3.05) is 225 Å². The van der Waals surface area contributed by atoms with Crippen LogP contribution >= 0.6 is 0 Å². The molecule has 4 N–H and O–H groups in total. The van der Waals surface area contributed by atoms with E-state index in [0.717, 1.165) is 31.6 Å². The summed E-state index contributed by atoms with van der Waals surface area (Å²) in [5.74, 6) is 0. The monoisotopic (exact) mass is 1130 g/mol. The molecule has 1 fully saturated rings. The highest BCUT2D eigenvalue weighted by Gasteiger charge is 2.44. The zero-order valence-electron chi connectivity index (χ0n) is 47.3. The molecule has 1 aromatic rings. The average Bonchev–Trinajstić information content (AvgIpc) is 3.91. The Bertz CT molecular complexity index is 1350. The lowest BCUT2D eigenvalue weighted by atomic mass is 9.99. The van der Waals surface area contributed by atoms with Crippen molar-refractivity contribution >= 4 is 0 Å². The van der Waals surface area contributed by atoms with Crippen molar-refractivity contribution in [1.82, 2.24) is 15.0 Å². The summed E-state index contributed by atoms with van der Waals surface area (Å²) in [6.07, 6.45) is 7.44. The molecule has 2 heterocycles. The van der Waals surface area contributed by atoms with Crippen molar-refractivity contribution in [2.45, 2.75) is 108 Å². The quantitative estimate of drug-likeness (QED) is 0.0672. The number of aliphatic hydroxyl groups excluding tert-OH is 4. The van der Waals surface area contributed by atoms with Gasteiger partial charge in [0.15, 0.2) is 6.29 Å². The molecule has 78 heavy (non-hydrogen) atoms. The number of aliphatic hydroxyl groups is 4. The van der Waals surface area contributed by atoms with Crippen molar-refractivity contribution in [2.24, 2.45) is 0 Å². The van der Waals surface area contributed by atoms with Crippen LogP contribution in [-0.2, 0) is 98.2 Å². The average molecular weight is 1130 g/mol. The summed E-state index contributed by atoms with van der Waals surface area (Å²) >= 11 is 0. The number of rotatable bonds is 63. The molecule has 25 nitrogen and oxygen atoms in total. The van der Waals surface area contributed by atoms with Crippen LogP contribution in [0.15, 0.2) is 6.20 Å². The van der Waals surface area contributed by atoms with Crippen LogP contribution in [-0.4, -0.2) is 291 Å². The highest BCUT2D eigenvalue weighted by atomic mass is 16.7. The third-order valence-electron chi connectivity index (χ3n) is 11.5. The van der Waals surface area contributed by atoms with Gasteiger partial charge < -0.3 is 106 Å². The Labute approximate surface area is 464 Å². The van der Waals surface area contributed by atoms with E-state index < -0.39 is 37.3 Å². The van der Waals surface area contributed by atoms with E-state index in [4.69, 9.17) is 85.3 Å². The number of aromatic nitrogens is 3. The lowest BCUT2D eigenvalue weighted by molar-refractivity contribution is -0.302. The summed E-state index contributed by atoms with van der Waals surface area (Å²) in [4.78, 5) is 0. The smallest absolute Gasteiger partial charge is 0.186 e. The Kier molecular flexibility index (Phi) is 53.0. The molecule has 0 bridgehead atoms. The van der Waals surface area contributed by atoms with E-state index in [2.05, 4.69) is 17.2 Å². The van der Waals surface area contributed by atoms with Crippen LogP contribution in [0.25, 0.3) is 0 Å². The number of hydrogen-bond donors (Lipinski definition) is 4. The van der Waals surface area contributed by atoms with Gasteiger partial charge in [0.2, 0.25) is 0 Å². The topological polar surface area (TPSA) is 278 Å². The first-order valence-electron chi connectivity index (χ1n) is 28.6. The molecule has 1 aromatic heterocycles. The molecule has 1 saturated heterocycles. The molecule has 0 aliphatic carbocycles. The lowest BCUT2D eigenvalue weighted by Gasteiger charge is -2.39. The second-order valence-electron chi connectivity index (χ2n) is 17.9. The maximum atomic E-state index is 9.96. The Morgan fingerprint density at radius 2 is 0.705 bits per heavy atom. The highest BCUT2D eigenvalue weighted by Crippen LogP contribution is 2.22. The van der Waals surface area contributed by atoms with Gasteiger partial charge in [-0.15, -0.1) is 5.10 Å². The maximum absolute atomic E-state index is 9.96. The van der Waals surface area contributed by atoms with Crippen LogP contribution in [0, 0.1) is 0 Å². The molecular weight excluding hydrogens is 1030 g/mol. The number of aryl methyl sites for hydroxylation is 1. The minimum absolute atomic E-state index is 0.0790. The molecule has 25 heteroatoms. The molecule has 0 amide bonds. The fourth-order valence-corrected chi connectivity index (χ4v) is 7.13. The lowest BCUT2D eigenvalue weighted by Crippen LogP contribution is -2.59. The van der Waals surface area contributed by atoms with Gasteiger partial charge in [0.05, 0.1) is 224 Å². The summed E-state index contributed by atoms with van der Waals surface area (Å²) in [7, 11) is 0. The van der Waals surface area contributed by atoms with Gasteiger partial charge in [0.25, 0.3) is 0 Å². The van der Waals surface area contributed by atoms with Crippen molar-refractivity contribution < 1.29 is 106 Å². The highest BCUT2D eigenvalue weighted by molar-refractivity contribution is 4.92. The van der Waals surface area contributed by atoms with E-state index in [1.54, 1.807) is 4.68 Å². The second-order valence-corrected chi connectivity index (χ2v) is 17.9. The zero-order valence-corrected chi connectivity index (χ0v) is 47.3. The summed E-state index contributed by atoms with van der Waals surface area (Å²) in [5.41, 5.74) is 0.904. The second kappa shape index (κ2) is 57.1. The van der Waals surface area contributed by atoms with Gasteiger partial charge in [-0.25, -0.2) is 4.68 Å². The van der Waals surface area contributed by atoms with Gasteiger partial charge in [-0.3, -0.25) is 0 Å². The Morgan fingerprint density at radius 1 is 0.385 bits per heavy atom. The number of nitrogens with zero attached hydrogens (tertiary/aromatic N) is 3. The fourth-order valence-electron chi connectivity index (χ4n) is 7.13. The van der Waals surface area contributed by atoms with Gasteiger partial charge >= 0.3 is 0 Å². The molecule has 0 spiro atoms. The molecule has 1 aliphatic rings. The molecule has 0 saturated carbocycles. The molecule has 5 atom stereocenters. The van der Waals surface area contributed by atoms with E-state index in [-0.39, 0.29) is 13.2 Å². The molecule has 2 rings (SSSR count). The first-order chi connectivity index (χ1) is 38.6. The van der Waals surface area contributed by atoms with Crippen LogP contribution in [0.5, 0.6) is 0 Å². The number of unbranched alkanes of at least 4 members (excludes halogenated alkanes) is 7. The minimum Gasteiger partial charge on any atom is -0.394 e. The van der Waals surface area contributed by atoms with Crippen molar-refractivity contribution in [3.8, 4) is 0 Å². The fraction of sp³-hybridized carbons (Fsp3) is 0.962. The predicted octanol–water partition coefficient (Wildman–Crippen LogP) is 1.43. The normalized spacial score (nSPS) is 17.7. The largest absolute Gasteiger partial charge is 0.394 e. The van der Waals surface area contributed by atoms with Gasteiger partial charge in [-0.05, 0) is 19.3 Å². The first kappa shape index (κ1) is 72.4. The van der Waals surface area contributed by atoms with Gasteiger partial charge in [-0.1, -0.05) is 57.1 Å². The molecule has 0 unspecified atom stereocenters. The van der Waals surface area contributed by atoms with Crippen molar-refractivity contribution in [3.05, 3.63) is 11.9 Å².